The number of rotatable bonds is 1. The first-order valence-corrected chi connectivity index (χ1v) is 5.83. The summed E-state index contributed by atoms with van der Waals surface area (Å²) >= 11 is 3.44. The Hall–Kier alpha value is -1.97. The number of H-pyrrole nitrogens is 1. The molecule has 2 aromatic carbocycles. The van der Waals surface area contributed by atoms with Crippen molar-refractivity contribution < 1.29 is 0 Å². The van der Waals surface area contributed by atoms with Gasteiger partial charge in [0.2, 0.25) is 0 Å². The number of aromatic amines is 1. The standard InChI is InChI=1S/C12H7BrN4/c13-7-1-3-9-10-4-2-8(16-17-14)6-12(10)15-11(9)5-7/h1-6,15H. The number of hydrogen-bond acceptors (Lipinski definition) is 1. The fourth-order valence-electron chi connectivity index (χ4n) is 1.98. The Morgan fingerprint density at radius 2 is 1.76 bits per heavy atom. The first kappa shape index (κ1) is 10.2. The van der Waals surface area contributed by atoms with Crippen LogP contribution in [0.5, 0.6) is 0 Å². The highest BCUT2D eigenvalue weighted by Gasteiger charge is 2.04. The fourth-order valence-corrected chi connectivity index (χ4v) is 2.35. The van der Waals surface area contributed by atoms with Crippen molar-refractivity contribution in [3.05, 3.63) is 51.3 Å². The van der Waals surface area contributed by atoms with E-state index in [9.17, 15) is 0 Å². The summed E-state index contributed by atoms with van der Waals surface area (Å²) in [5.41, 5.74) is 11.1. The number of halogens is 1. The zero-order chi connectivity index (χ0) is 11.8. The third-order valence-electron chi connectivity index (χ3n) is 2.70. The molecule has 0 unspecified atom stereocenters. The largest absolute Gasteiger partial charge is 0.354 e. The van der Waals surface area contributed by atoms with E-state index in [0.29, 0.717) is 5.69 Å². The molecule has 5 heteroatoms. The lowest BCUT2D eigenvalue weighted by molar-refractivity contribution is 1.47. The quantitative estimate of drug-likeness (QED) is 0.371. The summed E-state index contributed by atoms with van der Waals surface area (Å²) in [5.74, 6) is 0. The highest BCUT2D eigenvalue weighted by atomic mass is 79.9. The molecule has 0 aliphatic carbocycles. The molecule has 0 fully saturated rings. The molecule has 1 N–H and O–H groups in total. The maximum absolute atomic E-state index is 8.41. The maximum Gasteiger partial charge on any atom is 0.0476 e. The van der Waals surface area contributed by atoms with Gasteiger partial charge < -0.3 is 4.98 Å². The Morgan fingerprint density at radius 3 is 2.53 bits per heavy atom. The predicted octanol–water partition coefficient (Wildman–Crippen LogP) is 5.03. The molecule has 1 heterocycles. The molecule has 0 spiro atoms. The van der Waals surface area contributed by atoms with Crippen LogP contribution in [0.2, 0.25) is 0 Å². The van der Waals surface area contributed by atoms with E-state index < -0.39 is 0 Å². The van der Waals surface area contributed by atoms with E-state index >= 15 is 0 Å². The second-order valence-corrected chi connectivity index (χ2v) is 4.65. The zero-order valence-electron chi connectivity index (χ0n) is 8.68. The van der Waals surface area contributed by atoms with E-state index in [-0.39, 0.29) is 0 Å². The van der Waals surface area contributed by atoms with Crippen LogP contribution in [0.1, 0.15) is 0 Å². The van der Waals surface area contributed by atoms with Crippen molar-refractivity contribution in [1.82, 2.24) is 4.98 Å². The second kappa shape index (κ2) is 3.80. The lowest BCUT2D eigenvalue weighted by Gasteiger charge is -1.93. The third kappa shape index (κ3) is 1.65. The van der Waals surface area contributed by atoms with Crippen molar-refractivity contribution in [3.8, 4) is 0 Å². The maximum atomic E-state index is 8.41. The van der Waals surface area contributed by atoms with Gasteiger partial charge in [-0.1, -0.05) is 39.2 Å². The summed E-state index contributed by atoms with van der Waals surface area (Å²) in [6.45, 7) is 0. The number of nitrogens with one attached hydrogen (secondary N) is 1. The minimum absolute atomic E-state index is 0.616. The monoisotopic (exact) mass is 286 g/mol. The summed E-state index contributed by atoms with van der Waals surface area (Å²) in [6.07, 6.45) is 0. The minimum Gasteiger partial charge on any atom is -0.354 e. The highest BCUT2D eigenvalue weighted by molar-refractivity contribution is 9.10. The highest BCUT2D eigenvalue weighted by Crippen LogP contribution is 2.30. The van der Waals surface area contributed by atoms with E-state index in [4.69, 9.17) is 5.53 Å². The first-order chi connectivity index (χ1) is 8.28. The number of fused-ring (bicyclic) bond motifs is 3. The molecule has 1 aromatic heterocycles. The summed E-state index contributed by atoms with van der Waals surface area (Å²) in [7, 11) is 0. The van der Waals surface area contributed by atoms with Crippen molar-refractivity contribution in [2.24, 2.45) is 5.11 Å². The van der Waals surface area contributed by atoms with Gasteiger partial charge in [0.1, 0.15) is 0 Å². The van der Waals surface area contributed by atoms with Crippen LogP contribution in [0, 0.1) is 0 Å². The predicted molar refractivity (Wildman–Crippen MR) is 72.3 cm³/mol. The average molecular weight is 287 g/mol. The summed E-state index contributed by atoms with van der Waals surface area (Å²) in [5, 5.41) is 5.89. The normalized spacial score (nSPS) is 10.6. The molecule has 0 radical (unpaired) electrons. The van der Waals surface area contributed by atoms with Crippen LogP contribution in [0.3, 0.4) is 0 Å². The molecule has 4 nitrogen and oxygen atoms in total. The van der Waals surface area contributed by atoms with Crippen molar-refractivity contribution in [1.29, 1.82) is 0 Å². The number of hydrogen-bond donors (Lipinski definition) is 1. The van der Waals surface area contributed by atoms with Gasteiger partial charge in [0, 0.05) is 36.9 Å². The number of aromatic nitrogens is 1. The molecule has 0 bridgehead atoms. The SMILES string of the molecule is [N-]=[N+]=Nc1ccc2c(c1)[nH]c1cc(Br)ccc12. The number of benzene rings is 2. The molecular formula is C12H7BrN4. The third-order valence-corrected chi connectivity index (χ3v) is 3.20. The molecule has 0 atom stereocenters. The number of azide groups is 1. The van der Waals surface area contributed by atoms with Crippen LogP contribution in [-0.4, -0.2) is 4.98 Å². The van der Waals surface area contributed by atoms with Crippen LogP contribution in [0.4, 0.5) is 5.69 Å². The van der Waals surface area contributed by atoms with E-state index in [1.807, 2.05) is 30.3 Å². The molecule has 0 aliphatic heterocycles. The molecule has 0 aliphatic rings. The van der Waals surface area contributed by atoms with Crippen molar-refractivity contribution in [3.63, 3.8) is 0 Å². The van der Waals surface area contributed by atoms with E-state index in [0.717, 1.165) is 26.3 Å². The molecule has 3 aromatic rings. The Labute approximate surface area is 105 Å². The van der Waals surface area contributed by atoms with Crippen molar-refractivity contribution >= 4 is 43.4 Å². The van der Waals surface area contributed by atoms with E-state index in [1.54, 1.807) is 0 Å². The lowest BCUT2D eigenvalue weighted by Crippen LogP contribution is -1.66. The molecule has 17 heavy (non-hydrogen) atoms. The zero-order valence-corrected chi connectivity index (χ0v) is 10.3. The summed E-state index contributed by atoms with van der Waals surface area (Å²) in [6, 6.07) is 11.7. The van der Waals surface area contributed by atoms with Gasteiger partial charge in [0.05, 0.1) is 0 Å². The second-order valence-electron chi connectivity index (χ2n) is 3.73. The number of nitrogens with zero attached hydrogens (tertiary/aromatic N) is 3. The Bertz CT molecular complexity index is 769. The smallest absolute Gasteiger partial charge is 0.0476 e. The van der Waals surface area contributed by atoms with E-state index in [1.165, 1.54) is 0 Å². The van der Waals surface area contributed by atoms with Crippen molar-refractivity contribution in [2.45, 2.75) is 0 Å². The molecule has 0 saturated heterocycles. The minimum atomic E-state index is 0.616. The van der Waals surface area contributed by atoms with Crippen LogP contribution in [-0.2, 0) is 0 Å². The van der Waals surface area contributed by atoms with Gasteiger partial charge in [-0.15, -0.1) is 0 Å². The molecular weight excluding hydrogens is 280 g/mol. The lowest BCUT2D eigenvalue weighted by atomic mass is 10.1. The van der Waals surface area contributed by atoms with Gasteiger partial charge in [0.25, 0.3) is 0 Å². The molecule has 82 valence electrons. The molecule has 0 amide bonds. The Kier molecular flexibility index (Phi) is 2.28. The van der Waals surface area contributed by atoms with E-state index in [2.05, 4.69) is 37.0 Å². The fraction of sp³-hybridized carbons (Fsp3) is 0. The van der Waals surface area contributed by atoms with Crippen LogP contribution < -0.4 is 0 Å². The van der Waals surface area contributed by atoms with Gasteiger partial charge in [0.15, 0.2) is 0 Å². The van der Waals surface area contributed by atoms with Crippen LogP contribution >= 0.6 is 15.9 Å². The average Bonchev–Trinajstić information content (AvgIpc) is 2.65. The Balaban J connectivity index is 2.38. The topological polar surface area (TPSA) is 64.6 Å². The van der Waals surface area contributed by atoms with Crippen LogP contribution in [0.15, 0.2) is 46.0 Å². The van der Waals surface area contributed by atoms with Crippen molar-refractivity contribution in [2.75, 3.05) is 0 Å². The molecule has 0 saturated carbocycles. The molecule has 3 rings (SSSR count). The summed E-state index contributed by atoms with van der Waals surface area (Å²) < 4.78 is 1.03. The van der Waals surface area contributed by atoms with Gasteiger partial charge in [-0.05, 0) is 23.7 Å². The van der Waals surface area contributed by atoms with Gasteiger partial charge in [-0.3, -0.25) is 0 Å². The van der Waals surface area contributed by atoms with Gasteiger partial charge in [-0.25, -0.2) is 0 Å². The van der Waals surface area contributed by atoms with Gasteiger partial charge >= 0.3 is 0 Å². The first-order valence-electron chi connectivity index (χ1n) is 5.04. The Morgan fingerprint density at radius 1 is 1.06 bits per heavy atom. The summed E-state index contributed by atoms with van der Waals surface area (Å²) in [4.78, 5) is 6.09. The van der Waals surface area contributed by atoms with Gasteiger partial charge in [-0.2, -0.15) is 0 Å². The van der Waals surface area contributed by atoms with Crippen LogP contribution in [0.25, 0.3) is 32.2 Å².